The molecular weight excluding hydrogens is 325 g/mol. The van der Waals surface area contributed by atoms with E-state index in [9.17, 15) is 5.11 Å². The number of benzene rings is 2. The molecule has 0 saturated heterocycles. The van der Waals surface area contributed by atoms with Crippen LogP contribution in [-0.4, -0.2) is 28.5 Å². The molecule has 0 fully saturated rings. The summed E-state index contributed by atoms with van der Waals surface area (Å²) in [5, 5.41) is 28.2. The Hall–Kier alpha value is -1.14. The summed E-state index contributed by atoms with van der Waals surface area (Å²) in [7, 11) is 0. The molecule has 2 rings (SSSR count). The third-order valence-corrected chi connectivity index (χ3v) is 3.33. The topological polar surface area (TPSA) is 86.7 Å². The lowest BCUT2D eigenvalue weighted by molar-refractivity contribution is 0.0956. The zero-order valence-electron chi connectivity index (χ0n) is 11.9. The highest BCUT2D eigenvalue weighted by atomic mass is 35.5. The summed E-state index contributed by atoms with van der Waals surface area (Å²) in [6.07, 6.45) is -1.43. The molecule has 0 saturated carbocycles. The van der Waals surface area contributed by atoms with E-state index >= 15 is 0 Å². The van der Waals surface area contributed by atoms with Crippen LogP contribution in [0.4, 0.5) is 0 Å². The smallest absolute Gasteiger partial charge is 0.102 e. The fraction of sp³-hybridized carbons (Fsp3) is 0.250. The van der Waals surface area contributed by atoms with Crippen LogP contribution in [0, 0.1) is 0 Å². The molecule has 0 aliphatic rings. The minimum absolute atomic E-state index is 0.223. The SMILES string of the molecule is NC[C@@H](O)c1cccc(Cl)c1.OC[C@@H](O)c1cccc(Cl)c1. The van der Waals surface area contributed by atoms with Crippen molar-refractivity contribution in [1.82, 2.24) is 0 Å². The molecule has 6 heteroatoms. The fourth-order valence-corrected chi connectivity index (χ4v) is 2.07. The van der Waals surface area contributed by atoms with Crippen LogP contribution in [0.3, 0.4) is 0 Å². The van der Waals surface area contributed by atoms with Crippen LogP contribution in [0.5, 0.6) is 0 Å². The van der Waals surface area contributed by atoms with Gasteiger partial charge in [0.1, 0.15) is 6.10 Å². The Kier molecular flexibility index (Phi) is 8.42. The van der Waals surface area contributed by atoms with E-state index in [0.29, 0.717) is 15.6 Å². The van der Waals surface area contributed by atoms with E-state index in [4.69, 9.17) is 39.1 Å². The third-order valence-electron chi connectivity index (χ3n) is 2.86. The van der Waals surface area contributed by atoms with Crippen LogP contribution >= 0.6 is 23.2 Å². The highest BCUT2D eigenvalue weighted by Gasteiger charge is 2.04. The Morgan fingerprint density at radius 1 is 0.864 bits per heavy atom. The first-order valence-electron chi connectivity index (χ1n) is 6.66. The molecule has 5 N–H and O–H groups in total. The summed E-state index contributed by atoms with van der Waals surface area (Å²) in [5.74, 6) is 0. The summed E-state index contributed by atoms with van der Waals surface area (Å²) in [6.45, 7) is -0.0549. The maximum Gasteiger partial charge on any atom is 0.102 e. The largest absolute Gasteiger partial charge is 0.393 e. The maximum absolute atomic E-state index is 9.27. The molecule has 0 spiro atoms. The van der Waals surface area contributed by atoms with Gasteiger partial charge in [0.2, 0.25) is 0 Å². The van der Waals surface area contributed by atoms with Gasteiger partial charge in [-0.15, -0.1) is 0 Å². The average molecular weight is 344 g/mol. The van der Waals surface area contributed by atoms with Crippen molar-refractivity contribution in [3.05, 3.63) is 69.7 Å². The molecule has 0 aliphatic heterocycles. The summed E-state index contributed by atoms with van der Waals surface area (Å²) >= 11 is 11.3. The van der Waals surface area contributed by atoms with Gasteiger partial charge in [-0.25, -0.2) is 0 Å². The van der Waals surface area contributed by atoms with E-state index in [1.54, 1.807) is 48.5 Å². The van der Waals surface area contributed by atoms with E-state index in [2.05, 4.69) is 0 Å². The minimum atomic E-state index is -0.825. The lowest BCUT2D eigenvalue weighted by Gasteiger charge is -2.06. The number of aliphatic hydroxyl groups excluding tert-OH is 3. The second-order valence-corrected chi connectivity index (χ2v) is 5.43. The molecule has 2 aromatic carbocycles. The number of nitrogens with two attached hydrogens (primary N) is 1. The van der Waals surface area contributed by atoms with Gasteiger partial charge in [0, 0.05) is 16.6 Å². The van der Waals surface area contributed by atoms with E-state index in [-0.39, 0.29) is 13.2 Å². The summed E-state index contributed by atoms with van der Waals surface area (Å²) in [6, 6.07) is 13.8. The predicted molar refractivity (Wildman–Crippen MR) is 89.0 cm³/mol. The van der Waals surface area contributed by atoms with Gasteiger partial charge >= 0.3 is 0 Å². The first-order valence-corrected chi connectivity index (χ1v) is 7.41. The molecule has 4 nitrogen and oxygen atoms in total. The van der Waals surface area contributed by atoms with Crippen molar-refractivity contribution in [1.29, 1.82) is 0 Å². The van der Waals surface area contributed by atoms with Crippen LogP contribution in [0.25, 0.3) is 0 Å². The first-order chi connectivity index (χ1) is 10.5. The van der Waals surface area contributed by atoms with Crippen molar-refractivity contribution in [3.8, 4) is 0 Å². The van der Waals surface area contributed by atoms with Gasteiger partial charge < -0.3 is 21.1 Å². The number of halogens is 2. The standard InChI is InChI=1S/C8H10ClNO.C8H9ClO2/c2*9-7-3-1-2-6(4-7)8(11)5-10/h1-4,8,11H,5,10H2;1-4,8,10-11H,5H2/t2*8-/m11/s1. The zero-order valence-corrected chi connectivity index (χ0v) is 13.4. The molecule has 120 valence electrons. The third kappa shape index (κ3) is 6.32. The van der Waals surface area contributed by atoms with Crippen molar-refractivity contribution in [3.63, 3.8) is 0 Å². The van der Waals surface area contributed by atoms with Crippen molar-refractivity contribution in [2.45, 2.75) is 12.2 Å². The molecule has 22 heavy (non-hydrogen) atoms. The van der Waals surface area contributed by atoms with Gasteiger partial charge in [-0.2, -0.15) is 0 Å². The Balaban J connectivity index is 0.000000220. The van der Waals surface area contributed by atoms with Crippen LogP contribution in [-0.2, 0) is 0 Å². The zero-order chi connectivity index (χ0) is 16.5. The Labute approximate surface area is 139 Å². The fourth-order valence-electron chi connectivity index (χ4n) is 1.67. The van der Waals surface area contributed by atoms with E-state index in [1.165, 1.54) is 0 Å². The Bertz CT molecular complexity index is 529. The summed E-state index contributed by atoms with van der Waals surface area (Å²) in [5.41, 5.74) is 6.66. The highest BCUT2D eigenvalue weighted by Crippen LogP contribution is 2.17. The second-order valence-electron chi connectivity index (χ2n) is 4.56. The molecule has 0 amide bonds. The van der Waals surface area contributed by atoms with Gasteiger partial charge in [0.25, 0.3) is 0 Å². The maximum atomic E-state index is 9.27. The molecule has 0 heterocycles. The lowest BCUT2D eigenvalue weighted by atomic mass is 10.1. The average Bonchev–Trinajstić information content (AvgIpc) is 2.54. The highest BCUT2D eigenvalue weighted by molar-refractivity contribution is 6.30. The molecule has 0 aromatic heterocycles. The normalized spacial score (nSPS) is 13.0. The molecule has 0 aliphatic carbocycles. The van der Waals surface area contributed by atoms with Crippen molar-refractivity contribution < 1.29 is 15.3 Å². The first kappa shape index (κ1) is 18.9. The van der Waals surface area contributed by atoms with E-state index in [1.807, 2.05) is 0 Å². The van der Waals surface area contributed by atoms with E-state index in [0.717, 1.165) is 5.56 Å². The molecule has 0 bridgehead atoms. The van der Waals surface area contributed by atoms with Crippen LogP contribution < -0.4 is 5.73 Å². The predicted octanol–water partition coefficient (Wildman–Crippen LogP) is 2.70. The van der Waals surface area contributed by atoms with Crippen LogP contribution in [0.2, 0.25) is 10.0 Å². The number of rotatable bonds is 4. The molecule has 2 atom stereocenters. The van der Waals surface area contributed by atoms with Crippen molar-refractivity contribution in [2.24, 2.45) is 5.73 Å². The number of hydrogen-bond acceptors (Lipinski definition) is 4. The van der Waals surface area contributed by atoms with Gasteiger partial charge in [0.15, 0.2) is 0 Å². The molecule has 2 aromatic rings. The van der Waals surface area contributed by atoms with Crippen molar-refractivity contribution >= 4 is 23.2 Å². The Morgan fingerprint density at radius 2 is 1.32 bits per heavy atom. The van der Waals surface area contributed by atoms with Gasteiger partial charge in [-0.05, 0) is 35.4 Å². The minimum Gasteiger partial charge on any atom is -0.393 e. The quantitative estimate of drug-likeness (QED) is 0.687. The Morgan fingerprint density at radius 3 is 1.68 bits per heavy atom. The van der Waals surface area contributed by atoms with Gasteiger partial charge in [-0.3, -0.25) is 0 Å². The second kappa shape index (κ2) is 9.79. The van der Waals surface area contributed by atoms with Crippen LogP contribution in [0.15, 0.2) is 48.5 Å². The number of hydrogen-bond donors (Lipinski definition) is 4. The van der Waals surface area contributed by atoms with Crippen molar-refractivity contribution in [2.75, 3.05) is 13.2 Å². The lowest BCUT2D eigenvalue weighted by Crippen LogP contribution is -2.11. The molecule has 0 radical (unpaired) electrons. The number of aliphatic hydroxyl groups is 3. The van der Waals surface area contributed by atoms with Gasteiger partial charge in [-0.1, -0.05) is 47.5 Å². The van der Waals surface area contributed by atoms with Crippen LogP contribution in [0.1, 0.15) is 23.3 Å². The molecular formula is C16H19Cl2NO3. The van der Waals surface area contributed by atoms with Gasteiger partial charge in [0.05, 0.1) is 12.7 Å². The monoisotopic (exact) mass is 343 g/mol. The molecule has 0 unspecified atom stereocenters. The van der Waals surface area contributed by atoms with E-state index < -0.39 is 12.2 Å². The summed E-state index contributed by atoms with van der Waals surface area (Å²) in [4.78, 5) is 0. The summed E-state index contributed by atoms with van der Waals surface area (Å²) < 4.78 is 0.